The van der Waals surface area contributed by atoms with E-state index in [0.717, 1.165) is 19.5 Å². The molecular weight excluding hydrogens is 154 g/mol. The van der Waals surface area contributed by atoms with Crippen molar-refractivity contribution in [2.45, 2.75) is 39.7 Å². The zero-order chi connectivity index (χ0) is 9.56. The summed E-state index contributed by atoms with van der Waals surface area (Å²) >= 11 is 0. The molecule has 0 amide bonds. The number of carboxylic acids is 1. The molecule has 0 heterocycles. The number of carboxylic acid groups (broad SMARTS) is 1. The minimum atomic E-state index is -0.711. The maximum Gasteiger partial charge on any atom is 0.304 e. The van der Waals surface area contributed by atoms with Crippen LogP contribution in [-0.2, 0) is 4.79 Å². The molecule has 3 heteroatoms. The quantitative estimate of drug-likeness (QED) is 0.663. The lowest BCUT2D eigenvalue weighted by molar-refractivity contribution is -0.138. The van der Waals surface area contributed by atoms with E-state index >= 15 is 0 Å². The van der Waals surface area contributed by atoms with E-state index in [-0.39, 0.29) is 12.5 Å². The van der Waals surface area contributed by atoms with E-state index in [4.69, 9.17) is 5.11 Å². The van der Waals surface area contributed by atoms with Crippen molar-refractivity contribution in [2.75, 3.05) is 13.1 Å². The molecule has 0 saturated heterocycles. The zero-order valence-electron chi connectivity index (χ0n) is 8.21. The summed E-state index contributed by atoms with van der Waals surface area (Å²) in [5.74, 6) is -0.711. The molecule has 0 radical (unpaired) electrons. The molecule has 72 valence electrons. The summed E-state index contributed by atoms with van der Waals surface area (Å²) in [6, 6.07) is 0.160. The van der Waals surface area contributed by atoms with Crippen molar-refractivity contribution in [3.05, 3.63) is 0 Å². The smallest absolute Gasteiger partial charge is 0.304 e. The van der Waals surface area contributed by atoms with Crippen LogP contribution in [0.5, 0.6) is 0 Å². The second-order valence-electron chi connectivity index (χ2n) is 3.08. The number of carbonyl (C=O) groups is 1. The van der Waals surface area contributed by atoms with E-state index in [2.05, 4.69) is 18.7 Å². The molecule has 0 saturated carbocycles. The van der Waals surface area contributed by atoms with Gasteiger partial charge in [-0.3, -0.25) is 4.79 Å². The summed E-state index contributed by atoms with van der Waals surface area (Å²) in [5, 5.41) is 8.57. The second-order valence-corrected chi connectivity index (χ2v) is 3.08. The third-order valence-corrected chi connectivity index (χ3v) is 2.01. The van der Waals surface area contributed by atoms with Gasteiger partial charge in [-0.05, 0) is 26.4 Å². The van der Waals surface area contributed by atoms with Crippen molar-refractivity contribution in [1.29, 1.82) is 0 Å². The number of nitrogens with zero attached hydrogens (tertiary/aromatic N) is 1. The highest BCUT2D eigenvalue weighted by Crippen LogP contribution is 2.03. The van der Waals surface area contributed by atoms with Gasteiger partial charge in [-0.1, -0.05) is 13.8 Å². The molecule has 0 spiro atoms. The first-order valence-corrected chi connectivity index (χ1v) is 4.57. The third-order valence-electron chi connectivity index (χ3n) is 2.01. The maximum atomic E-state index is 10.4. The average Bonchev–Trinajstić information content (AvgIpc) is 1.98. The van der Waals surface area contributed by atoms with Crippen molar-refractivity contribution in [3.63, 3.8) is 0 Å². The summed E-state index contributed by atoms with van der Waals surface area (Å²) in [4.78, 5) is 12.6. The van der Waals surface area contributed by atoms with E-state index in [1.807, 2.05) is 6.92 Å². The number of hydrogen-bond acceptors (Lipinski definition) is 2. The van der Waals surface area contributed by atoms with Crippen molar-refractivity contribution in [3.8, 4) is 0 Å². The Balaban J connectivity index is 3.84. The fourth-order valence-corrected chi connectivity index (χ4v) is 1.36. The molecule has 0 rings (SSSR count). The average molecular weight is 173 g/mol. The number of aliphatic carboxylic acids is 1. The first kappa shape index (κ1) is 11.4. The summed E-state index contributed by atoms with van der Waals surface area (Å²) in [6.45, 7) is 8.06. The Morgan fingerprint density at radius 3 is 2.42 bits per heavy atom. The fraction of sp³-hybridized carbons (Fsp3) is 0.889. The van der Waals surface area contributed by atoms with Crippen molar-refractivity contribution in [1.82, 2.24) is 4.90 Å². The first-order chi connectivity index (χ1) is 5.61. The molecule has 0 aliphatic rings. The van der Waals surface area contributed by atoms with Crippen LogP contribution in [0.15, 0.2) is 0 Å². The lowest BCUT2D eigenvalue weighted by Crippen LogP contribution is -2.35. The van der Waals surface area contributed by atoms with Crippen LogP contribution in [-0.4, -0.2) is 35.1 Å². The molecule has 0 fully saturated rings. The van der Waals surface area contributed by atoms with Crippen LogP contribution in [0.25, 0.3) is 0 Å². The topological polar surface area (TPSA) is 40.5 Å². The molecule has 0 bridgehead atoms. The van der Waals surface area contributed by atoms with Crippen LogP contribution in [0, 0.1) is 0 Å². The van der Waals surface area contributed by atoms with E-state index in [0.29, 0.717) is 0 Å². The lowest BCUT2D eigenvalue weighted by atomic mass is 10.2. The van der Waals surface area contributed by atoms with Gasteiger partial charge in [0.1, 0.15) is 0 Å². The van der Waals surface area contributed by atoms with Crippen molar-refractivity contribution < 1.29 is 9.90 Å². The van der Waals surface area contributed by atoms with E-state index in [9.17, 15) is 4.79 Å². The van der Waals surface area contributed by atoms with Gasteiger partial charge < -0.3 is 10.0 Å². The molecule has 0 aliphatic heterocycles. The van der Waals surface area contributed by atoms with Gasteiger partial charge in [-0.15, -0.1) is 0 Å². The SMILES string of the molecule is CCCN(CC)C(C)CC(=O)O. The van der Waals surface area contributed by atoms with Gasteiger partial charge in [0, 0.05) is 6.04 Å². The lowest BCUT2D eigenvalue weighted by Gasteiger charge is -2.25. The molecule has 0 aliphatic carbocycles. The fourth-order valence-electron chi connectivity index (χ4n) is 1.36. The summed E-state index contributed by atoms with van der Waals surface area (Å²) in [5.41, 5.74) is 0. The zero-order valence-corrected chi connectivity index (χ0v) is 8.21. The standard InChI is InChI=1S/C9H19NO2/c1-4-6-10(5-2)8(3)7-9(11)12/h8H,4-7H2,1-3H3,(H,11,12). The molecule has 0 aromatic rings. The highest BCUT2D eigenvalue weighted by atomic mass is 16.4. The maximum absolute atomic E-state index is 10.4. The van der Waals surface area contributed by atoms with Crippen LogP contribution >= 0.6 is 0 Å². The van der Waals surface area contributed by atoms with Gasteiger partial charge >= 0.3 is 5.97 Å². The van der Waals surface area contributed by atoms with Gasteiger partial charge in [-0.2, -0.15) is 0 Å². The Morgan fingerprint density at radius 1 is 1.50 bits per heavy atom. The molecule has 0 aromatic heterocycles. The Morgan fingerprint density at radius 2 is 2.08 bits per heavy atom. The monoisotopic (exact) mass is 173 g/mol. The van der Waals surface area contributed by atoms with E-state index in [1.165, 1.54) is 0 Å². The second kappa shape index (κ2) is 6.00. The Bertz CT molecular complexity index is 136. The molecule has 12 heavy (non-hydrogen) atoms. The van der Waals surface area contributed by atoms with Crippen LogP contribution in [0.2, 0.25) is 0 Å². The van der Waals surface area contributed by atoms with Crippen LogP contribution in [0.1, 0.15) is 33.6 Å². The number of rotatable bonds is 6. The van der Waals surface area contributed by atoms with Crippen LogP contribution < -0.4 is 0 Å². The minimum Gasteiger partial charge on any atom is -0.481 e. The van der Waals surface area contributed by atoms with E-state index in [1.54, 1.807) is 0 Å². The highest BCUT2D eigenvalue weighted by Gasteiger charge is 2.13. The predicted molar refractivity (Wildman–Crippen MR) is 49.3 cm³/mol. The largest absolute Gasteiger partial charge is 0.481 e. The molecule has 1 N–H and O–H groups in total. The Kier molecular flexibility index (Phi) is 5.72. The van der Waals surface area contributed by atoms with Gasteiger partial charge in [0.2, 0.25) is 0 Å². The normalized spacial score (nSPS) is 13.3. The van der Waals surface area contributed by atoms with Crippen LogP contribution in [0.4, 0.5) is 0 Å². The highest BCUT2D eigenvalue weighted by molar-refractivity contribution is 5.67. The van der Waals surface area contributed by atoms with Crippen molar-refractivity contribution >= 4 is 5.97 Å². The van der Waals surface area contributed by atoms with Gasteiger partial charge in [0.15, 0.2) is 0 Å². The molecule has 0 aromatic carbocycles. The summed E-state index contributed by atoms with van der Waals surface area (Å²) in [6.07, 6.45) is 1.33. The Labute approximate surface area is 74.4 Å². The van der Waals surface area contributed by atoms with Crippen LogP contribution in [0.3, 0.4) is 0 Å². The molecule has 3 nitrogen and oxygen atoms in total. The summed E-state index contributed by atoms with van der Waals surface area (Å²) < 4.78 is 0. The Hall–Kier alpha value is -0.570. The van der Waals surface area contributed by atoms with Gasteiger partial charge in [-0.25, -0.2) is 0 Å². The van der Waals surface area contributed by atoms with Gasteiger partial charge in [0.05, 0.1) is 6.42 Å². The minimum absolute atomic E-state index is 0.160. The first-order valence-electron chi connectivity index (χ1n) is 4.57. The number of hydrogen-bond donors (Lipinski definition) is 1. The van der Waals surface area contributed by atoms with Crippen molar-refractivity contribution in [2.24, 2.45) is 0 Å². The molecule has 1 atom stereocenters. The van der Waals surface area contributed by atoms with E-state index < -0.39 is 5.97 Å². The molecule has 1 unspecified atom stereocenters. The summed E-state index contributed by atoms with van der Waals surface area (Å²) in [7, 11) is 0. The van der Waals surface area contributed by atoms with Gasteiger partial charge in [0.25, 0.3) is 0 Å². The third kappa shape index (κ3) is 4.34. The predicted octanol–water partition coefficient (Wildman–Crippen LogP) is 1.58. The molecular formula is C9H19NO2.